The predicted octanol–water partition coefficient (Wildman–Crippen LogP) is 4.56. The van der Waals surface area contributed by atoms with Crippen LogP contribution in [0.2, 0.25) is 5.02 Å². The van der Waals surface area contributed by atoms with E-state index < -0.39 is 38.7 Å². The molecule has 30 heavy (non-hydrogen) atoms. The Balaban J connectivity index is 1.87. The molecule has 2 aromatic rings. The van der Waals surface area contributed by atoms with Crippen molar-refractivity contribution in [3.63, 3.8) is 0 Å². The number of halogens is 5. The van der Waals surface area contributed by atoms with Crippen LogP contribution in [0.15, 0.2) is 41.3 Å². The van der Waals surface area contributed by atoms with Crippen molar-refractivity contribution >= 4 is 33.0 Å². The molecule has 0 bridgehead atoms. The van der Waals surface area contributed by atoms with Crippen LogP contribution in [0.25, 0.3) is 0 Å². The first-order chi connectivity index (χ1) is 13.8. The van der Waals surface area contributed by atoms with Crippen molar-refractivity contribution < 1.29 is 35.5 Å². The zero-order valence-electron chi connectivity index (χ0n) is 15.5. The molecule has 1 aliphatic rings. The van der Waals surface area contributed by atoms with Crippen LogP contribution >= 0.6 is 11.6 Å². The minimum atomic E-state index is -4.95. The molecule has 1 heterocycles. The van der Waals surface area contributed by atoms with Gasteiger partial charge in [-0.25, -0.2) is 12.8 Å². The van der Waals surface area contributed by atoms with Gasteiger partial charge in [-0.3, -0.25) is 4.79 Å². The molecule has 1 N–H and O–H groups in total. The molecule has 11 heteroatoms. The summed E-state index contributed by atoms with van der Waals surface area (Å²) in [7, 11) is -3.77. The maximum atomic E-state index is 13.4. The van der Waals surface area contributed by atoms with Crippen LogP contribution in [0.3, 0.4) is 0 Å². The first-order valence-electron chi connectivity index (χ1n) is 8.59. The van der Waals surface area contributed by atoms with Crippen molar-refractivity contribution in [2.45, 2.75) is 18.0 Å². The molecule has 162 valence electrons. The lowest BCUT2D eigenvalue weighted by Crippen LogP contribution is -2.45. The summed E-state index contributed by atoms with van der Waals surface area (Å²) in [4.78, 5) is 12.4. The number of hydrogen-bond acceptors (Lipinski definition) is 4. The lowest BCUT2D eigenvalue weighted by Gasteiger charge is -2.37. The van der Waals surface area contributed by atoms with Crippen molar-refractivity contribution in [3.8, 4) is 0 Å². The van der Waals surface area contributed by atoms with E-state index in [1.807, 2.05) is 0 Å². The number of nitrogens with one attached hydrogen (secondary N) is 1. The van der Waals surface area contributed by atoms with Crippen molar-refractivity contribution in [1.82, 2.24) is 0 Å². The second-order valence-corrected chi connectivity index (χ2v) is 9.75. The maximum Gasteiger partial charge on any atom is 0.419 e. The van der Waals surface area contributed by atoms with Crippen LogP contribution in [-0.4, -0.2) is 33.3 Å². The number of rotatable bonds is 5. The summed E-state index contributed by atoms with van der Waals surface area (Å²) in [6, 6.07) is 5.49. The first-order valence-corrected chi connectivity index (χ1v) is 10.6. The lowest BCUT2D eigenvalue weighted by molar-refractivity contribution is -0.139. The van der Waals surface area contributed by atoms with E-state index in [4.69, 9.17) is 16.3 Å². The average Bonchev–Trinajstić information content (AvgIpc) is 2.60. The van der Waals surface area contributed by atoms with Crippen LogP contribution in [-0.2, 0) is 20.8 Å². The van der Waals surface area contributed by atoms with E-state index in [-0.39, 0.29) is 26.9 Å². The number of carbonyl (C=O) groups excluding carboxylic acids is 1. The average molecular weight is 466 g/mol. The highest BCUT2D eigenvalue weighted by molar-refractivity contribution is 7.91. The van der Waals surface area contributed by atoms with E-state index in [9.17, 15) is 30.8 Å². The quantitative estimate of drug-likeness (QED) is 0.657. The number of sulfone groups is 1. The van der Waals surface area contributed by atoms with Crippen molar-refractivity contribution in [2.75, 3.05) is 24.3 Å². The zero-order chi connectivity index (χ0) is 22.3. The summed E-state index contributed by atoms with van der Waals surface area (Å²) in [5, 5.41) is 2.09. The number of ether oxygens (including phenoxy) is 1. The molecule has 1 aliphatic heterocycles. The van der Waals surface area contributed by atoms with E-state index in [1.54, 1.807) is 6.92 Å². The number of alkyl halides is 3. The molecule has 5 nitrogen and oxygen atoms in total. The van der Waals surface area contributed by atoms with E-state index in [0.717, 1.165) is 12.1 Å². The summed E-state index contributed by atoms with van der Waals surface area (Å²) in [5.41, 5.74) is -2.65. The molecule has 0 atom stereocenters. The smallest absolute Gasteiger partial charge is 0.380 e. The summed E-state index contributed by atoms with van der Waals surface area (Å²) in [6.07, 6.45) is -4.95. The number of benzene rings is 2. The van der Waals surface area contributed by atoms with Crippen molar-refractivity contribution in [1.29, 1.82) is 0 Å². The van der Waals surface area contributed by atoms with E-state index in [2.05, 4.69) is 5.32 Å². The molecule has 0 aromatic heterocycles. The molecule has 3 rings (SSSR count). The molecule has 0 unspecified atom stereocenters. The van der Waals surface area contributed by atoms with Gasteiger partial charge in [-0.15, -0.1) is 0 Å². The van der Waals surface area contributed by atoms with Gasteiger partial charge in [0.1, 0.15) is 5.82 Å². The molecule has 2 aromatic carbocycles. The molecule has 0 aliphatic carbocycles. The van der Waals surface area contributed by atoms with E-state index >= 15 is 0 Å². The SMILES string of the molecule is CC1(CS(=O)(=O)c2ccc(Cl)c(C(=O)Nc3ccc(F)c(C(F)(F)F)c3)c2)COC1. The van der Waals surface area contributed by atoms with Gasteiger partial charge in [0.05, 0.1) is 40.0 Å². The highest BCUT2D eigenvalue weighted by Crippen LogP contribution is 2.34. The largest absolute Gasteiger partial charge is 0.419 e. The van der Waals surface area contributed by atoms with Gasteiger partial charge in [0.25, 0.3) is 5.91 Å². The third-order valence-corrected chi connectivity index (χ3v) is 6.89. The number of carbonyl (C=O) groups is 1. The fourth-order valence-corrected chi connectivity index (χ4v) is 4.99. The van der Waals surface area contributed by atoms with Crippen LogP contribution in [0, 0.1) is 11.2 Å². The van der Waals surface area contributed by atoms with Crippen LogP contribution in [0.1, 0.15) is 22.8 Å². The van der Waals surface area contributed by atoms with Crippen molar-refractivity contribution in [2.24, 2.45) is 5.41 Å². The Kier molecular flexibility index (Phi) is 5.87. The predicted molar refractivity (Wildman–Crippen MR) is 102 cm³/mol. The second-order valence-electron chi connectivity index (χ2n) is 7.35. The van der Waals surface area contributed by atoms with Gasteiger partial charge >= 0.3 is 6.18 Å². The molecule has 0 radical (unpaired) electrons. The van der Waals surface area contributed by atoms with Gasteiger partial charge in [-0.1, -0.05) is 18.5 Å². The minimum Gasteiger partial charge on any atom is -0.380 e. The molecular weight excluding hydrogens is 450 g/mol. The number of anilines is 1. The van der Waals surface area contributed by atoms with Crippen LogP contribution in [0.4, 0.5) is 23.2 Å². The number of amides is 1. The number of hydrogen-bond donors (Lipinski definition) is 1. The van der Waals surface area contributed by atoms with Gasteiger partial charge in [-0.2, -0.15) is 13.2 Å². The Hall–Kier alpha value is -2.17. The van der Waals surface area contributed by atoms with Crippen LogP contribution in [0.5, 0.6) is 0 Å². The van der Waals surface area contributed by atoms with E-state index in [1.165, 1.54) is 12.1 Å². The topological polar surface area (TPSA) is 72.5 Å². The lowest BCUT2D eigenvalue weighted by atomic mass is 9.92. The second kappa shape index (κ2) is 7.82. The third-order valence-electron chi connectivity index (χ3n) is 4.51. The van der Waals surface area contributed by atoms with Gasteiger partial charge in [0.15, 0.2) is 9.84 Å². The Morgan fingerprint density at radius 2 is 1.87 bits per heavy atom. The molecule has 0 saturated carbocycles. The minimum absolute atomic E-state index is 0.0946. The molecular formula is C19H16ClF4NO4S. The monoisotopic (exact) mass is 465 g/mol. The maximum absolute atomic E-state index is 13.4. The standard InChI is InChI=1S/C19H16ClF4NO4S/c1-18(8-29-9-18)10-30(27,28)12-3-4-15(20)13(7-12)17(26)25-11-2-5-16(21)14(6-11)19(22,23)24/h2-7H,8-10H2,1H3,(H,25,26). The molecule has 1 amide bonds. The Morgan fingerprint density at radius 1 is 1.20 bits per heavy atom. The van der Waals surface area contributed by atoms with Gasteiger partial charge in [0.2, 0.25) is 0 Å². The van der Waals surface area contributed by atoms with Gasteiger partial charge in [0, 0.05) is 11.1 Å². The Labute approximate surface area is 174 Å². The summed E-state index contributed by atoms with van der Waals surface area (Å²) >= 11 is 5.99. The van der Waals surface area contributed by atoms with Crippen LogP contribution < -0.4 is 5.32 Å². The molecule has 1 saturated heterocycles. The Morgan fingerprint density at radius 3 is 2.43 bits per heavy atom. The highest BCUT2D eigenvalue weighted by Gasteiger charge is 2.39. The normalized spacial score (nSPS) is 16.1. The zero-order valence-corrected chi connectivity index (χ0v) is 17.1. The first kappa shape index (κ1) is 22.5. The fourth-order valence-electron chi connectivity index (χ4n) is 2.97. The molecule has 1 fully saturated rings. The van der Waals surface area contributed by atoms with Gasteiger partial charge < -0.3 is 10.1 Å². The highest BCUT2D eigenvalue weighted by atomic mass is 35.5. The summed E-state index contributed by atoms with van der Waals surface area (Å²) in [5.74, 6) is -2.62. The van der Waals surface area contributed by atoms with E-state index in [0.29, 0.717) is 25.3 Å². The third kappa shape index (κ3) is 4.76. The molecule has 0 spiro atoms. The fraction of sp³-hybridized carbons (Fsp3) is 0.316. The summed E-state index contributed by atoms with van der Waals surface area (Å²) < 4.78 is 82.4. The van der Waals surface area contributed by atoms with Gasteiger partial charge in [-0.05, 0) is 36.4 Å². The Bertz CT molecular complexity index is 1100. The summed E-state index contributed by atoms with van der Waals surface area (Å²) in [6.45, 7) is 2.34. The van der Waals surface area contributed by atoms with Crippen molar-refractivity contribution in [3.05, 3.63) is 58.4 Å².